The van der Waals surface area contributed by atoms with E-state index < -0.39 is 0 Å². The summed E-state index contributed by atoms with van der Waals surface area (Å²) in [6.45, 7) is 4.38. The lowest BCUT2D eigenvalue weighted by atomic mass is 10.2. The maximum atomic E-state index is 12.3. The molecule has 0 unspecified atom stereocenters. The van der Waals surface area contributed by atoms with Crippen molar-refractivity contribution in [3.8, 4) is 0 Å². The molecule has 5 nitrogen and oxygen atoms in total. The molecule has 1 aromatic heterocycles. The molecule has 0 saturated heterocycles. The molecule has 0 saturated carbocycles. The van der Waals surface area contributed by atoms with Crippen LogP contribution in [0.5, 0.6) is 0 Å². The number of carbonyl (C=O) groups excluding carboxylic acids is 1. The van der Waals surface area contributed by atoms with Gasteiger partial charge in [0.1, 0.15) is 0 Å². The van der Waals surface area contributed by atoms with Crippen molar-refractivity contribution in [3.05, 3.63) is 24.0 Å². The Hall–Kier alpha value is -1.62. The van der Waals surface area contributed by atoms with Crippen LogP contribution in [0.3, 0.4) is 0 Å². The van der Waals surface area contributed by atoms with Crippen molar-refractivity contribution in [1.29, 1.82) is 0 Å². The van der Waals surface area contributed by atoms with Gasteiger partial charge >= 0.3 is 0 Å². The smallest absolute Gasteiger partial charge is 0.256 e. The van der Waals surface area contributed by atoms with Crippen LogP contribution in [-0.2, 0) is 0 Å². The highest BCUT2D eigenvalue weighted by Gasteiger charge is 2.16. The van der Waals surface area contributed by atoms with Gasteiger partial charge in [0.15, 0.2) is 0 Å². The Kier molecular flexibility index (Phi) is 5.58. The van der Waals surface area contributed by atoms with Gasteiger partial charge in [-0.05, 0) is 40.1 Å². The summed E-state index contributed by atoms with van der Waals surface area (Å²) in [5, 5.41) is 0. The van der Waals surface area contributed by atoms with Gasteiger partial charge in [-0.3, -0.25) is 9.78 Å². The first kappa shape index (κ1) is 14.4. The number of pyridine rings is 1. The molecule has 0 aromatic carbocycles. The van der Waals surface area contributed by atoms with E-state index in [0.717, 1.165) is 19.5 Å². The standard InChI is InChI=1S/C13H22N4O/c1-4-17(9-5-8-16(2)3)13(18)11-6-7-15-10-12(11)14/h6-7,10H,4-5,8-9,14H2,1-3H3. The quantitative estimate of drug-likeness (QED) is 0.820. The van der Waals surface area contributed by atoms with E-state index in [1.54, 1.807) is 12.3 Å². The maximum Gasteiger partial charge on any atom is 0.256 e. The van der Waals surface area contributed by atoms with Gasteiger partial charge in [-0.25, -0.2) is 0 Å². The molecule has 1 aromatic rings. The van der Waals surface area contributed by atoms with E-state index in [4.69, 9.17) is 5.73 Å². The number of carbonyl (C=O) groups is 1. The second kappa shape index (κ2) is 6.96. The second-order valence-corrected chi connectivity index (χ2v) is 4.50. The molecule has 0 spiro atoms. The van der Waals surface area contributed by atoms with Crippen molar-refractivity contribution in [1.82, 2.24) is 14.8 Å². The van der Waals surface area contributed by atoms with E-state index in [2.05, 4.69) is 9.88 Å². The second-order valence-electron chi connectivity index (χ2n) is 4.50. The number of nitrogen functional groups attached to an aromatic ring is 1. The topological polar surface area (TPSA) is 62.5 Å². The van der Waals surface area contributed by atoms with E-state index in [9.17, 15) is 4.79 Å². The van der Waals surface area contributed by atoms with E-state index >= 15 is 0 Å². The third-order valence-electron chi connectivity index (χ3n) is 2.78. The number of amides is 1. The van der Waals surface area contributed by atoms with Crippen LogP contribution in [0.2, 0.25) is 0 Å². The van der Waals surface area contributed by atoms with Crippen molar-refractivity contribution in [3.63, 3.8) is 0 Å². The van der Waals surface area contributed by atoms with Crippen molar-refractivity contribution >= 4 is 11.6 Å². The lowest BCUT2D eigenvalue weighted by Crippen LogP contribution is -2.33. The van der Waals surface area contributed by atoms with Crippen LogP contribution >= 0.6 is 0 Å². The van der Waals surface area contributed by atoms with Crippen LogP contribution in [0.1, 0.15) is 23.7 Å². The zero-order valence-electron chi connectivity index (χ0n) is 11.4. The summed E-state index contributed by atoms with van der Waals surface area (Å²) in [7, 11) is 4.05. The summed E-state index contributed by atoms with van der Waals surface area (Å²) < 4.78 is 0. The normalized spacial score (nSPS) is 10.7. The fourth-order valence-corrected chi connectivity index (χ4v) is 1.75. The zero-order chi connectivity index (χ0) is 13.5. The van der Waals surface area contributed by atoms with Crippen molar-refractivity contribution < 1.29 is 4.79 Å². The molecule has 2 N–H and O–H groups in total. The lowest BCUT2D eigenvalue weighted by molar-refractivity contribution is 0.0760. The molecule has 0 radical (unpaired) electrons. The molecule has 0 atom stereocenters. The van der Waals surface area contributed by atoms with Gasteiger partial charge in [0, 0.05) is 19.3 Å². The van der Waals surface area contributed by atoms with Gasteiger partial charge in [0.05, 0.1) is 17.4 Å². The number of nitrogens with zero attached hydrogens (tertiary/aromatic N) is 3. The first-order valence-electron chi connectivity index (χ1n) is 6.19. The molecule has 0 fully saturated rings. The van der Waals surface area contributed by atoms with Crippen molar-refractivity contribution in [2.45, 2.75) is 13.3 Å². The molecule has 0 aliphatic carbocycles. The SMILES string of the molecule is CCN(CCCN(C)C)C(=O)c1ccncc1N. The van der Waals surface area contributed by atoms with Gasteiger partial charge in [0.25, 0.3) is 5.91 Å². The highest BCUT2D eigenvalue weighted by atomic mass is 16.2. The Bertz CT molecular complexity index is 392. The highest BCUT2D eigenvalue weighted by molar-refractivity contribution is 5.98. The van der Waals surface area contributed by atoms with Gasteiger partial charge in [-0.2, -0.15) is 0 Å². The van der Waals surface area contributed by atoms with Gasteiger partial charge in [-0.15, -0.1) is 0 Å². The van der Waals surface area contributed by atoms with Gasteiger partial charge in [-0.1, -0.05) is 0 Å². The third-order valence-corrected chi connectivity index (χ3v) is 2.78. The van der Waals surface area contributed by atoms with E-state index in [0.29, 0.717) is 17.8 Å². The minimum atomic E-state index is -0.0174. The molecule has 0 aliphatic rings. The number of hydrogen-bond acceptors (Lipinski definition) is 4. The van der Waals surface area contributed by atoms with E-state index in [1.807, 2.05) is 25.9 Å². The summed E-state index contributed by atoms with van der Waals surface area (Å²) in [4.78, 5) is 20.1. The Morgan fingerprint density at radius 2 is 2.11 bits per heavy atom. The number of anilines is 1. The lowest BCUT2D eigenvalue weighted by Gasteiger charge is -2.22. The predicted molar refractivity (Wildman–Crippen MR) is 73.4 cm³/mol. The third kappa shape index (κ3) is 4.00. The highest BCUT2D eigenvalue weighted by Crippen LogP contribution is 2.12. The fraction of sp³-hybridized carbons (Fsp3) is 0.538. The molecule has 1 heterocycles. The summed E-state index contributed by atoms with van der Waals surface area (Å²) >= 11 is 0. The average Bonchev–Trinajstić information content (AvgIpc) is 2.34. The van der Waals surface area contributed by atoms with Crippen molar-refractivity contribution in [2.75, 3.05) is 39.5 Å². The Balaban J connectivity index is 2.65. The fourth-order valence-electron chi connectivity index (χ4n) is 1.75. The largest absolute Gasteiger partial charge is 0.397 e. The van der Waals surface area contributed by atoms with Crippen LogP contribution in [0.15, 0.2) is 18.5 Å². The van der Waals surface area contributed by atoms with E-state index in [1.165, 1.54) is 6.20 Å². The van der Waals surface area contributed by atoms with Crippen LogP contribution in [0.4, 0.5) is 5.69 Å². The molecule has 100 valence electrons. The molecule has 0 aliphatic heterocycles. The molecular formula is C13H22N4O. The van der Waals surface area contributed by atoms with Gasteiger partial charge < -0.3 is 15.5 Å². The van der Waals surface area contributed by atoms with E-state index in [-0.39, 0.29) is 5.91 Å². The Morgan fingerprint density at radius 1 is 1.39 bits per heavy atom. The number of rotatable bonds is 6. The first-order chi connectivity index (χ1) is 8.56. The summed E-state index contributed by atoms with van der Waals surface area (Å²) in [6, 6.07) is 1.67. The minimum absolute atomic E-state index is 0.0174. The predicted octanol–water partition coefficient (Wildman–Crippen LogP) is 1.08. The number of aromatic nitrogens is 1. The van der Waals surface area contributed by atoms with Crippen molar-refractivity contribution in [2.24, 2.45) is 0 Å². The molecule has 18 heavy (non-hydrogen) atoms. The van der Waals surface area contributed by atoms with Crippen LogP contribution in [0.25, 0.3) is 0 Å². The molecular weight excluding hydrogens is 228 g/mol. The van der Waals surface area contributed by atoms with Gasteiger partial charge in [0.2, 0.25) is 0 Å². The van der Waals surface area contributed by atoms with Crippen LogP contribution < -0.4 is 5.73 Å². The first-order valence-corrected chi connectivity index (χ1v) is 6.19. The molecule has 1 amide bonds. The molecule has 1 rings (SSSR count). The average molecular weight is 250 g/mol. The molecule has 5 heteroatoms. The van der Waals surface area contributed by atoms with Crippen LogP contribution in [-0.4, -0.2) is 54.4 Å². The summed E-state index contributed by atoms with van der Waals surface area (Å²) in [5.74, 6) is -0.0174. The summed E-state index contributed by atoms with van der Waals surface area (Å²) in [6.07, 6.45) is 4.07. The maximum absolute atomic E-state index is 12.3. The number of hydrogen-bond donors (Lipinski definition) is 1. The number of nitrogens with two attached hydrogens (primary N) is 1. The molecule has 0 bridgehead atoms. The zero-order valence-corrected chi connectivity index (χ0v) is 11.4. The Labute approximate surface area is 109 Å². The monoisotopic (exact) mass is 250 g/mol. The minimum Gasteiger partial charge on any atom is -0.397 e. The Morgan fingerprint density at radius 3 is 2.67 bits per heavy atom. The summed E-state index contributed by atoms with van der Waals surface area (Å²) in [5.41, 5.74) is 6.75. The van der Waals surface area contributed by atoms with Crippen LogP contribution in [0, 0.1) is 0 Å².